The van der Waals surface area contributed by atoms with Gasteiger partial charge in [-0.05, 0) is 26.9 Å². The highest BCUT2D eigenvalue weighted by molar-refractivity contribution is 5.95. The van der Waals surface area contributed by atoms with Gasteiger partial charge in [0.1, 0.15) is 0 Å². The molecule has 3 amide bonds. The molecule has 5 nitrogen and oxygen atoms in total. The molecule has 1 aliphatic rings. The van der Waals surface area contributed by atoms with E-state index in [0.29, 0.717) is 0 Å². The number of hydrogen-bond donors (Lipinski definition) is 2. The SMILES string of the molecule is CN(C)CC(=O)NC(=O)NC1CC1. The van der Waals surface area contributed by atoms with E-state index >= 15 is 0 Å². The van der Waals surface area contributed by atoms with Gasteiger partial charge < -0.3 is 10.2 Å². The van der Waals surface area contributed by atoms with Gasteiger partial charge in [-0.25, -0.2) is 4.79 Å². The number of urea groups is 1. The van der Waals surface area contributed by atoms with Crippen LogP contribution in [0.1, 0.15) is 12.8 Å². The molecule has 0 radical (unpaired) electrons. The Morgan fingerprint density at radius 1 is 1.38 bits per heavy atom. The van der Waals surface area contributed by atoms with Crippen molar-refractivity contribution in [2.75, 3.05) is 20.6 Å². The Morgan fingerprint density at radius 2 is 2.00 bits per heavy atom. The second-order valence-electron chi connectivity index (χ2n) is 3.53. The first-order valence-corrected chi connectivity index (χ1v) is 4.33. The van der Waals surface area contributed by atoms with Gasteiger partial charge in [0.05, 0.1) is 6.54 Å². The minimum absolute atomic E-state index is 0.234. The van der Waals surface area contributed by atoms with Crippen LogP contribution in [0.4, 0.5) is 4.79 Å². The summed E-state index contributed by atoms with van der Waals surface area (Å²) < 4.78 is 0. The fourth-order valence-corrected chi connectivity index (χ4v) is 0.903. The molecule has 0 heterocycles. The van der Waals surface area contributed by atoms with Crippen LogP contribution in [-0.4, -0.2) is 43.5 Å². The van der Waals surface area contributed by atoms with Crippen LogP contribution in [0.2, 0.25) is 0 Å². The van der Waals surface area contributed by atoms with Crippen LogP contribution in [-0.2, 0) is 4.79 Å². The molecule has 1 fully saturated rings. The molecule has 2 N–H and O–H groups in total. The van der Waals surface area contributed by atoms with E-state index in [4.69, 9.17) is 0 Å². The highest BCUT2D eigenvalue weighted by Gasteiger charge is 2.23. The van der Waals surface area contributed by atoms with Gasteiger partial charge in [0.15, 0.2) is 0 Å². The third-order valence-corrected chi connectivity index (χ3v) is 1.63. The molecule has 0 saturated heterocycles. The second kappa shape index (κ2) is 4.23. The summed E-state index contributed by atoms with van der Waals surface area (Å²) in [7, 11) is 3.55. The summed E-state index contributed by atoms with van der Waals surface area (Å²) in [6.45, 7) is 0.234. The molecular formula is C8H15N3O2. The Labute approximate surface area is 77.5 Å². The van der Waals surface area contributed by atoms with Crippen molar-refractivity contribution in [1.29, 1.82) is 0 Å². The van der Waals surface area contributed by atoms with Gasteiger partial charge >= 0.3 is 6.03 Å². The summed E-state index contributed by atoms with van der Waals surface area (Å²) in [6.07, 6.45) is 2.05. The van der Waals surface area contributed by atoms with Crippen LogP contribution in [0.5, 0.6) is 0 Å². The molecule has 0 bridgehead atoms. The maximum Gasteiger partial charge on any atom is 0.321 e. The molecule has 1 aliphatic carbocycles. The van der Waals surface area contributed by atoms with E-state index in [1.807, 2.05) is 0 Å². The molecule has 74 valence electrons. The van der Waals surface area contributed by atoms with E-state index in [2.05, 4.69) is 10.6 Å². The van der Waals surface area contributed by atoms with E-state index in [9.17, 15) is 9.59 Å². The molecule has 0 aromatic carbocycles. The normalized spacial score (nSPS) is 15.6. The van der Waals surface area contributed by atoms with Crippen LogP contribution in [0.25, 0.3) is 0 Å². The zero-order valence-corrected chi connectivity index (χ0v) is 7.96. The molecule has 0 aliphatic heterocycles. The summed E-state index contributed by atoms with van der Waals surface area (Å²) in [5.74, 6) is -0.275. The third-order valence-electron chi connectivity index (χ3n) is 1.63. The third kappa shape index (κ3) is 4.47. The van der Waals surface area contributed by atoms with Crippen LogP contribution >= 0.6 is 0 Å². The minimum atomic E-state index is -0.380. The zero-order chi connectivity index (χ0) is 9.84. The first kappa shape index (κ1) is 9.98. The first-order valence-electron chi connectivity index (χ1n) is 4.33. The molecule has 5 heteroatoms. The fraction of sp³-hybridized carbons (Fsp3) is 0.750. The monoisotopic (exact) mass is 185 g/mol. The number of carbonyl (C=O) groups excluding carboxylic acids is 2. The van der Waals surface area contributed by atoms with Crippen molar-refractivity contribution in [2.45, 2.75) is 18.9 Å². The number of nitrogens with zero attached hydrogens (tertiary/aromatic N) is 1. The van der Waals surface area contributed by atoms with Crippen LogP contribution < -0.4 is 10.6 Å². The molecular weight excluding hydrogens is 170 g/mol. The van der Waals surface area contributed by atoms with Crippen LogP contribution in [0, 0.1) is 0 Å². The van der Waals surface area contributed by atoms with Crippen molar-refractivity contribution < 1.29 is 9.59 Å². The lowest BCUT2D eigenvalue weighted by atomic mass is 10.5. The predicted molar refractivity (Wildman–Crippen MR) is 48.3 cm³/mol. The van der Waals surface area contributed by atoms with Crippen molar-refractivity contribution in [1.82, 2.24) is 15.5 Å². The highest BCUT2D eigenvalue weighted by Crippen LogP contribution is 2.18. The Morgan fingerprint density at radius 3 is 2.46 bits per heavy atom. The van der Waals surface area contributed by atoms with E-state index < -0.39 is 0 Å². The lowest BCUT2D eigenvalue weighted by molar-refractivity contribution is -0.120. The van der Waals surface area contributed by atoms with Gasteiger partial charge in [0.25, 0.3) is 0 Å². The quantitative estimate of drug-likeness (QED) is 0.625. The van der Waals surface area contributed by atoms with Gasteiger partial charge in [-0.2, -0.15) is 0 Å². The smallest absolute Gasteiger partial charge is 0.321 e. The Bertz CT molecular complexity index is 197. The molecule has 0 aromatic rings. The molecule has 0 atom stereocenters. The molecule has 0 unspecified atom stereocenters. The second-order valence-corrected chi connectivity index (χ2v) is 3.53. The number of carbonyl (C=O) groups is 2. The predicted octanol–water partition coefficient (Wildman–Crippen LogP) is -0.464. The summed E-state index contributed by atoms with van der Waals surface area (Å²) in [5.41, 5.74) is 0. The average molecular weight is 185 g/mol. The van der Waals surface area contributed by atoms with Gasteiger partial charge in [0, 0.05) is 6.04 Å². The molecule has 0 spiro atoms. The summed E-state index contributed by atoms with van der Waals surface area (Å²) in [5, 5.41) is 4.92. The Balaban J connectivity index is 2.14. The minimum Gasteiger partial charge on any atom is -0.335 e. The van der Waals surface area contributed by atoms with Crippen molar-refractivity contribution in [3.63, 3.8) is 0 Å². The van der Waals surface area contributed by atoms with Crippen LogP contribution in [0.3, 0.4) is 0 Å². The average Bonchev–Trinajstić information content (AvgIpc) is 2.67. The van der Waals surface area contributed by atoms with Crippen molar-refractivity contribution in [2.24, 2.45) is 0 Å². The van der Waals surface area contributed by atoms with Gasteiger partial charge in [-0.15, -0.1) is 0 Å². The Hall–Kier alpha value is -1.10. The van der Waals surface area contributed by atoms with Crippen molar-refractivity contribution in [3.8, 4) is 0 Å². The van der Waals surface area contributed by atoms with E-state index in [-0.39, 0.29) is 24.5 Å². The van der Waals surface area contributed by atoms with Gasteiger partial charge in [-0.3, -0.25) is 10.1 Å². The fourth-order valence-electron chi connectivity index (χ4n) is 0.903. The summed E-state index contributed by atoms with van der Waals surface area (Å²) >= 11 is 0. The number of amides is 3. The van der Waals surface area contributed by atoms with E-state index in [1.165, 1.54) is 0 Å². The van der Waals surface area contributed by atoms with Gasteiger partial charge in [-0.1, -0.05) is 0 Å². The number of likely N-dealkylation sites (N-methyl/N-ethyl adjacent to an activating group) is 1. The molecule has 1 saturated carbocycles. The number of nitrogens with one attached hydrogen (secondary N) is 2. The summed E-state index contributed by atoms with van der Waals surface area (Å²) in [4.78, 5) is 23.8. The Kier molecular flexibility index (Phi) is 3.25. The van der Waals surface area contributed by atoms with Crippen molar-refractivity contribution in [3.05, 3.63) is 0 Å². The topological polar surface area (TPSA) is 61.4 Å². The molecule has 13 heavy (non-hydrogen) atoms. The van der Waals surface area contributed by atoms with Crippen molar-refractivity contribution >= 4 is 11.9 Å². The number of imide groups is 1. The molecule has 0 aromatic heterocycles. The van der Waals surface area contributed by atoms with Gasteiger partial charge in [0.2, 0.25) is 5.91 Å². The number of rotatable bonds is 3. The maximum atomic E-state index is 11.1. The number of hydrogen-bond acceptors (Lipinski definition) is 3. The standard InChI is InChI=1S/C8H15N3O2/c1-11(2)5-7(12)10-8(13)9-6-3-4-6/h6H,3-5H2,1-2H3,(H2,9,10,12,13). The van der Waals surface area contributed by atoms with E-state index in [0.717, 1.165) is 12.8 Å². The van der Waals surface area contributed by atoms with E-state index in [1.54, 1.807) is 19.0 Å². The molecule has 1 rings (SSSR count). The largest absolute Gasteiger partial charge is 0.335 e. The maximum absolute atomic E-state index is 11.1. The zero-order valence-electron chi connectivity index (χ0n) is 7.96. The lowest BCUT2D eigenvalue weighted by Gasteiger charge is -2.09. The first-order chi connectivity index (χ1) is 6.08. The highest BCUT2D eigenvalue weighted by atomic mass is 16.2. The summed E-state index contributed by atoms with van der Waals surface area (Å²) in [6, 6.07) is -0.0958. The lowest BCUT2D eigenvalue weighted by Crippen LogP contribution is -2.43. The van der Waals surface area contributed by atoms with Crippen LogP contribution in [0.15, 0.2) is 0 Å².